The molecule has 0 aliphatic carbocycles. The maximum absolute atomic E-state index is 4.52. The fraction of sp³-hybridized carbons (Fsp3) is 0.471. The molecule has 1 aromatic heterocycles. The van der Waals surface area contributed by atoms with Gasteiger partial charge in [-0.05, 0) is 38.5 Å². The van der Waals surface area contributed by atoms with Gasteiger partial charge in [-0.25, -0.2) is 0 Å². The maximum atomic E-state index is 4.52. The lowest BCUT2D eigenvalue weighted by Crippen LogP contribution is -2.35. The van der Waals surface area contributed by atoms with Crippen molar-refractivity contribution in [2.24, 2.45) is 0 Å². The number of fused-ring (bicyclic) bond motifs is 1. The highest BCUT2D eigenvalue weighted by Gasteiger charge is 2.24. The Balaban J connectivity index is 1.71. The van der Waals surface area contributed by atoms with Crippen molar-refractivity contribution in [1.29, 1.82) is 0 Å². The van der Waals surface area contributed by atoms with Crippen LogP contribution in [0.1, 0.15) is 37.9 Å². The second kappa shape index (κ2) is 5.85. The molecule has 1 aliphatic heterocycles. The molecule has 21 heavy (non-hydrogen) atoms. The minimum atomic E-state index is 0.130. The summed E-state index contributed by atoms with van der Waals surface area (Å²) in [6, 6.07) is 10.9. The second-order valence-corrected chi connectivity index (χ2v) is 7.72. The van der Waals surface area contributed by atoms with Crippen LogP contribution in [0.5, 0.6) is 0 Å². The van der Waals surface area contributed by atoms with Gasteiger partial charge in [0.25, 0.3) is 0 Å². The van der Waals surface area contributed by atoms with Crippen LogP contribution in [0.15, 0.2) is 41.4 Å². The van der Waals surface area contributed by atoms with Crippen LogP contribution in [0.2, 0.25) is 0 Å². The van der Waals surface area contributed by atoms with E-state index in [4.69, 9.17) is 0 Å². The van der Waals surface area contributed by atoms with E-state index < -0.39 is 0 Å². The minimum absolute atomic E-state index is 0.130. The van der Waals surface area contributed by atoms with Crippen molar-refractivity contribution < 1.29 is 0 Å². The molecular weight excluding hydrogens is 278 g/mol. The molecule has 0 bridgehead atoms. The number of benzene rings is 1. The Morgan fingerprint density at radius 3 is 2.90 bits per heavy atom. The predicted octanol–water partition coefficient (Wildman–Crippen LogP) is 3.66. The predicted molar refractivity (Wildman–Crippen MR) is 88.7 cm³/mol. The van der Waals surface area contributed by atoms with Gasteiger partial charge in [-0.3, -0.25) is 4.68 Å². The molecule has 1 aromatic carbocycles. The molecule has 0 spiro atoms. The van der Waals surface area contributed by atoms with Gasteiger partial charge >= 0.3 is 0 Å². The summed E-state index contributed by atoms with van der Waals surface area (Å²) in [5.74, 6) is 1.73. The molecule has 112 valence electrons. The number of nitrogens with one attached hydrogen (secondary N) is 1. The number of hydrogen-bond acceptors (Lipinski definition) is 3. The summed E-state index contributed by atoms with van der Waals surface area (Å²) in [5.41, 5.74) is 2.87. The Bertz CT molecular complexity index is 612. The molecular formula is C17H23N3S. The molecule has 2 aromatic rings. The van der Waals surface area contributed by atoms with Gasteiger partial charge in [-0.1, -0.05) is 18.2 Å². The van der Waals surface area contributed by atoms with Crippen LogP contribution in [0.25, 0.3) is 0 Å². The lowest BCUT2D eigenvalue weighted by atomic mass is 10.0. The van der Waals surface area contributed by atoms with Crippen molar-refractivity contribution in [1.82, 2.24) is 15.1 Å². The highest BCUT2D eigenvalue weighted by molar-refractivity contribution is 7.99. The SMILES string of the molecule is CC(C)(C)NCc1ccnn1CC1CSc2ccccc21. The summed E-state index contributed by atoms with van der Waals surface area (Å²) in [7, 11) is 0. The first-order valence-electron chi connectivity index (χ1n) is 7.50. The zero-order chi connectivity index (χ0) is 14.9. The highest BCUT2D eigenvalue weighted by atomic mass is 32.2. The Morgan fingerprint density at radius 1 is 1.29 bits per heavy atom. The first-order chi connectivity index (χ1) is 10.0. The van der Waals surface area contributed by atoms with Gasteiger partial charge in [0.05, 0.1) is 5.69 Å². The molecule has 4 heteroatoms. The zero-order valence-corrected chi connectivity index (χ0v) is 13.8. The van der Waals surface area contributed by atoms with Crippen LogP contribution >= 0.6 is 11.8 Å². The fourth-order valence-electron chi connectivity index (χ4n) is 2.62. The fourth-order valence-corrected chi connectivity index (χ4v) is 3.86. The quantitative estimate of drug-likeness (QED) is 0.934. The van der Waals surface area contributed by atoms with Crippen LogP contribution in [0.3, 0.4) is 0 Å². The third kappa shape index (κ3) is 3.50. The number of nitrogens with zero attached hydrogens (tertiary/aromatic N) is 2. The summed E-state index contributed by atoms with van der Waals surface area (Å²) in [5, 5.41) is 8.06. The molecule has 0 saturated heterocycles. The third-order valence-corrected chi connectivity index (χ3v) is 5.05. The molecule has 3 nitrogen and oxygen atoms in total. The van der Waals surface area contributed by atoms with Crippen molar-refractivity contribution in [3.05, 3.63) is 47.8 Å². The molecule has 2 heterocycles. The highest BCUT2D eigenvalue weighted by Crippen LogP contribution is 2.40. The summed E-state index contributed by atoms with van der Waals surface area (Å²) < 4.78 is 2.16. The lowest BCUT2D eigenvalue weighted by molar-refractivity contribution is 0.408. The smallest absolute Gasteiger partial charge is 0.0522 e. The van der Waals surface area contributed by atoms with E-state index in [1.165, 1.54) is 16.2 Å². The van der Waals surface area contributed by atoms with Crippen LogP contribution in [-0.4, -0.2) is 21.1 Å². The first kappa shape index (κ1) is 14.7. The summed E-state index contributed by atoms with van der Waals surface area (Å²) in [4.78, 5) is 1.43. The normalized spacial score (nSPS) is 18.0. The Morgan fingerprint density at radius 2 is 2.10 bits per heavy atom. The third-order valence-electron chi connectivity index (χ3n) is 3.80. The van der Waals surface area contributed by atoms with Crippen molar-refractivity contribution in [2.75, 3.05) is 5.75 Å². The van der Waals surface area contributed by atoms with Crippen molar-refractivity contribution in [2.45, 2.75) is 50.2 Å². The van der Waals surface area contributed by atoms with Gasteiger partial charge in [-0.2, -0.15) is 5.10 Å². The standard InChI is InChI=1S/C17H23N3S/c1-17(2,3)18-10-14-8-9-19-20(14)11-13-12-21-16-7-5-4-6-15(13)16/h4-9,13,18H,10-12H2,1-3H3. The topological polar surface area (TPSA) is 29.9 Å². The van der Waals surface area contributed by atoms with E-state index >= 15 is 0 Å². The van der Waals surface area contributed by atoms with Crippen LogP contribution in [0, 0.1) is 0 Å². The summed E-state index contributed by atoms with van der Waals surface area (Å²) >= 11 is 1.96. The molecule has 0 radical (unpaired) electrons. The molecule has 3 rings (SSSR count). The van der Waals surface area contributed by atoms with Crippen molar-refractivity contribution in [3.8, 4) is 0 Å². The molecule has 1 atom stereocenters. The van der Waals surface area contributed by atoms with Gasteiger partial charge in [0.1, 0.15) is 0 Å². The molecule has 0 amide bonds. The van der Waals surface area contributed by atoms with E-state index in [0.29, 0.717) is 5.92 Å². The molecule has 0 saturated carbocycles. The van der Waals surface area contributed by atoms with E-state index in [1.807, 2.05) is 18.0 Å². The van der Waals surface area contributed by atoms with E-state index in [9.17, 15) is 0 Å². The van der Waals surface area contributed by atoms with E-state index in [2.05, 4.69) is 66.2 Å². The largest absolute Gasteiger partial charge is 0.306 e. The van der Waals surface area contributed by atoms with Gasteiger partial charge in [-0.15, -0.1) is 11.8 Å². The Labute approximate surface area is 131 Å². The first-order valence-corrected chi connectivity index (χ1v) is 8.49. The lowest BCUT2D eigenvalue weighted by Gasteiger charge is -2.21. The Kier molecular flexibility index (Phi) is 4.09. The number of rotatable bonds is 4. The summed E-state index contributed by atoms with van der Waals surface area (Å²) in [6.45, 7) is 8.41. The maximum Gasteiger partial charge on any atom is 0.0522 e. The number of thioether (sulfide) groups is 1. The molecule has 1 N–H and O–H groups in total. The average molecular weight is 301 g/mol. The minimum Gasteiger partial charge on any atom is -0.306 e. The van der Waals surface area contributed by atoms with Crippen LogP contribution in [-0.2, 0) is 13.1 Å². The Hall–Kier alpha value is -1.26. The van der Waals surface area contributed by atoms with E-state index in [-0.39, 0.29) is 5.54 Å². The van der Waals surface area contributed by atoms with Gasteiger partial charge in [0.15, 0.2) is 0 Å². The average Bonchev–Trinajstić information content (AvgIpc) is 3.04. The van der Waals surface area contributed by atoms with Crippen molar-refractivity contribution >= 4 is 11.8 Å². The van der Waals surface area contributed by atoms with E-state index in [0.717, 1.165) is 18.8 Å². The van der Waals surface area contributed by atoms with Gasteiger partial charge in [0, 0.05) is 41.4 Å². The monoisotopic (exact) mass is 301 g/mol. The van der Waals surface area contributed by atoms with Gasteiger partial charge < -0.3 is 5.32 Å². The second-order valence-electron chi connectivity index (χ2n) is 6.65. The number of hydrogen-bond donors (Lipinski definition) is 1. The number of aromatic nitrogens is 2. The summed E-state index contributed by atoms with van der Waals surface area (Å²) in [6.07, 6.45) is 1.91. The molecule has 1 unspecified atom stereocenters. The zero-order valence-electron chi connectivity index (χ0n) is 13.0. The van der Waals surface area contributed by atoms with Crippen molar-refractivity contribution in [3.63, 3.8) is 0 Å². The molecule has 1 aliphatic rings. The van der Waals surface area contributed by atoms with E-state index in [1.54, 1.807) is 0 Å². The molecule has 0 fully saturated rings. The van der Waals surface area contributed by atoms with Crippen LogP contribution < -0.4 is 5.32 Å². The van der Waals surface area contributed by atoms with Gasteiger partial charge in [0.2, 0.25) is 0 Å². The van der Waals surface area contributed by atoms with Crippen LogP contribution in [0.4, 0.5) is 0 Å².